The summed E-state index contributed by atoms with van der Waals surface area (Å²) in [6.07, 6.45) is 0.0795. The molecule has 2 rings (SSSR count). The summed E-state index contributed by atoms with van der Waals surface area (Å²) < 4.78 is 32.7. The van der Waals surface area contributed by atoms with Crippen LogP contribution in [-0.4, -0.2) is 38.2 Å². The third kappa shape index (κ3) is 3.83. The molecule has 23 heavy (non-hydrogen) atoms. The van der Waals surface area contributed by atoms with Crippen molar-refractivity contribution in [3.05, 3.63) is 27.7 Å². The summed E-state index contributed by atoms with van der Waals surface area (Å²) in [6.45, 7) is 0.325. The Morgan fingerprint density at radius 1 is 1.35 bits per heavy atom. The number of carboxylic acid groups (broad SMARTS) is 1. The van der Waals surface area contributed by atoms with E-state index in [1.165, 1.54) is 12.1 Å². The van der Waals surface area contributed by atoms with Gasteiger partial charge in [0, 0.05) is 42.0 Å². The lowest BCUT2D eigenvalue weighted by Crippen LogP contribution is -2.57. The van der Waals surface area contributed by atoms with E-state index in [1.807, 2.05) is 0 Å². The molecule has 10 heteroatoms. The number of hydrogen-bond donors (Lipinski definition) is 2. The van der Waals surface area contributed by atoms with E-state index in [0.29, 0.717) is 10.6 Å². The highest BCUT2D eigenvalue weighted by Crippen LogP contribution is 2.34. The van der Waals surface area contributed by atoms with Crippen molar-refractivity contribution >= 4 is 55.1 Å². The standard InChI is InChI=1S/C13H14BrCl2NO5S/c14-7-8-9(15)1-2-10(11(8)16)23(20,21)17-13(12(18)19)3-5-22-6-4-13/h1-2,17H,3-7H2,(H,18,19). The van der Waals surface area contributed by atoms with Crippen molar-refractivity contribution in [3.8, 4) is 0 Å². The molecule has 0 radical (unpaired) electrons. The minimum absolute atomic E-state index is 0.0329. The Morgan fingerprint density at radius 2 is 1.96 bits per heavy atom. The van der Waals surface area contributed by atoms with Gasteiger partial charge in [0.25, 0.3) is 0 Å². The number of ether oxygens (including phenoxy) is 1. The van der Waals surface area contributed by atoms with Gasteiger partial charge in [-0.05, 0) is 12.1 Å². The van der Waals surface area contributed by atoms with Crippen molar-refractivity contribution in [1.29, 1.82) is 0 Å². The summed E-state index contributed by atoms with van der Waals surface area (Å²) in [6, 6.07) is 2.67. The van der Waals surface area contributed by atoms with Gasteiger partial charge in [-0.2, -0.15) is 4.72 Å². The van der Waals surface area contributed by atoms with Crippen LogP contribution in [0.25, 0.3) is 0 Å². The van der Waals surface area contributed by atoms with Gasteiger partial charge < -0.3 is 9.84 Å². The minimum Gasteiger partial charge on any atom is -0.480 e. The van der Waals surface area contributed by atoms with E-state index in [0.717, 1.165) is 0 Å². The van der Waals surface area contributed by atoms with Crippen molar-refractivity contribution in [2.45, 2.75) is 28.6 Å². The molecule has 1 aromatic rings. The quantitative estimate of drug-likeness (QED) is 0.678. The highest BCUT2D eigenvalue weighted by molar-refractivity contribution is 9.08. The lowest BCUT2D eigenvalue weighted by Gasteiger charge is -2.33. The van der Waals surface area contributed by atoms with Crippen molar-refractivity contribution < 1.29 is 23.1 Å². The SMILES string of the molecule is O=C(O)C1(NS(=O)(=O)c2ccc(Cl)c(CBr)c2Cl)CCOCC1. The topological polar surface area (TPSA) is 92.7 Å². The number of benzene rings is 1. The number of nitrogens with one attached hydrogen (secondary N) is 1. The van der Waals surface area contributed by atoms with Crippen molar-refractivity contribution in [3.63, 3.8) is 0 Å². The molecular formula is C13H14BrCl2NO5S. The number of sulfonamides is 1. The second kappa shape index (κ2) is 7.25. The molecule has 1 saturated heterocycles. The molecule has 1 fully saturated rings. The zero-order chi connectivity index (χ0) is 17.3. The van der Waals surface area contributed by atoms with Gasteiger partial charge in [-0.25, -0.2) is 8.42 Å². The van der Waals surface area contributed by atoms with E-state index in [2.05, 4.69) is 20.7 Å². The Balaban J connectivity index is 2.44. The third-order valence-corrected chi connectivity index (χ3v) is 6.70. The average molecular weight is 447 g/mol. The largest absolute Gasteiger partial charge is 0.480 e. The van der Waals surface area contributed by atoms with Crippen LogP contribution >= 0.6 is 39.1 Å². The second-order valence-electron chi connectivity index (χ2n) is 5.08. The molecule has 0 amide bonds. The minimum atomic E-state index is -4.14. The normalized spacial score (nSPS) is 17.9. The Bertz CT molecular complexity index is 719. The fourth-order valence-corrected chi connectivity index (χ4v) is 5.53. The van der Waals surface area contributed by atoms with Crippen LogP contribution in [0.4, 0.5) is 0 Å². The van der Waals surface area contributed by atoms with Gasteiger partial charge in [0.1, 0.15) is 10.4 Å². The summed E-state index contributed by atoms with van der Waals surface area (Å²) in [5, 5.41) is 10.0. The maximum atomic E-state index is 12.7. The molecule has 1 aliphatic heterocycles. The summed E-state index contributed by atoms with van der Waals surface area (Å²) in [5.74, 6) is -1.24. The van der Waals surface area contributed by atoms with Crippen LogP contribution in [0.5, 0.6) is 0 Å². The predicted molar refractivity (Wildman–Crippen MR) is 89.8 cm³/mol. The fraction of sp³-hybridized carbons (Fsp3) is 0.462. The number of halogens is 3. The molecule has 0 aromatic heterocycles. The first-order valence-electron chi connectivity index (χ1n) is 6.61. The Kier molecular flexibility index (Phi) is 5.97. The number of carboxylic acids is 1. The van der Waals surface area contributed by atoms with Gasteiger partial charge in [0.05, 0.1) is 5.02 Å². The van der Waals surface area contributed by atoms with Gasteiger partial charge in [0.15, 0.2) is 0 Å². The van der Waals surface area contributed by atoms with Gasteiger partial charge in [-0.15, -0.1) is 0 Å². The smallest absolute Gasteiger partial charge is 0.325 e. The summed E-state index contributed by atoms with van der Waals surface area (Å²) >= 11 is 15.3. The molecule has 1 aliphatic rings. The van der Waals surface area contributed by atoms with E-state index >= 15 is 0 Å². The van der Waals surface area contributed by atoms with Crippen LogP contribution in [-0.2, 0) is 24.9 Å². The first-order valence-corrected chi connectivity index (χ1v) is 9.97. The number of carbonyl (C=O) groups is 1. The Hall–Kier alpha value is -0.380. The molecule has 1 heterocycles. The van der Waals surface area contributed by atoms with Gasteiger partial charge >= 0.3 is 5.97 Å². The molecule has 2 N–H and O–H groups in total. The summed E-state index contributed by atoms with van der Waals surface area (Å²) in [4.78, 5) is 11.4. The van der Waals surface area contributed by atoms with Crippen molar-refractivity contribution in [1.82, 2.24) is 4.72 Å². The maximum absolute atomic E-state index is 12.7. The Labute approximate surface area is 152 Å². The summed E-state index contributed by atoms with van der Waals surface area (Å²) in [5.41, 5.74) is -1.18. The molecule has 1 aromatic carbocycles. The number of hydrogen-bond acceptors (Lipinski definition) is 4. The lowest BCUT2D eigenvalue weighted by molar-refractivity contribution is -0.147. The average Bonchev–Trinajstić information content (AvgIpc) is 2.47. The molecule has 0 unspecified atom stereocenters. The fourth-order valence-electron chi connectivity index (χ4n) is 2.30. The predicted octanol–water partition coefficient (Wildman–Crippen LogP) is 2.80. The molecule has 0 aliphatic carbocycles. The van der Waals surface area contributed by atoms with Crippen LogP contribution in [0, 0.1) is 0 Å². The van der Waals surface area contributed by atoms with Crippen molar-refractivity contribution in [2.24, 2.45) is 0 Å². The van der Waals surface area contributed by atoms with Crippen molar-refractivity contribution in [2.75, 3.05) is 13.2 Å². The molecule has 0 spiro atoms. The van der Waals surface area contributed by atoms with E-state index in [-0.39, 0.29) is 41.3 Å². The maximum Gasteiger partial charge on any atom is 0.325 e. The second-order valence-corrected chi connectivity index (χ2v) is 8.07. The van der Waals surface area contributed by atoms with E-state index in [9.17, 15) is 18.3 Å². The molecule has 0 saturated carbocycles. The number of alkyl halides is 1. The molecule has 0 bridgehead atoms. The first-order chi connectivity index (χ1) is 10.7. The summed E-state index contributed by atoms with van der Waals surface area (Å²) in [7, 11) is -4.14. The monoisotopic (exact) mass is 445 g/mol. The molecule has 6 nitrogen and oxygen atoms in total. The highest BCUT2D eigenvalue weighted by atomic mass is 79.9. The van der Waals surface area contributed by atoms with Crippen LogP contribution in [0.15, 0.2) is 17.0 Å². The van der Waals surface area contributed by atoms with Crippen LogP contribution in [0.2, 0.25) is 10.0 Å². The zero-order valence-corrected chi connectivity index (χ0v) is 15.7. The third-order valence-electron chi connectivity index (χ3n) is 3.66. The van der Waals surface area contributed by atoms with Gasteiger partial charge in [0.2, 0.25) is 10.0 Å². The highest BCUT2D eigenvalue weighted by Gasteiger charge is 2.44. The van der Waals surface area contributed by atoms with E-state index in [4.69, 9.17) is 27.9 Å². The molecule has 0 atom stereocenters. The van der Waals surface area contributed by atoms with E-state index in [1.54, 1.807) is 0 Å². The molecular weight excluding hydrogens is 433 g/mol. The first kappa shape index (κ1) is 19.0. The Morgan fingerprint density at radius 3 is 2.48 bits per heavy atom. The zero-order valence-electron chi connectivity index (χ0n) is 11.8. The van der Waals surface area contributed by atoms with Crippen LogP contribution in [0.1, 0.15) is 18.4 Å². The number of rotatable bonds is 5. The van der Waals surface area contributed by atoms with Crippen LogP contribution < -0.4 is 4.72 Å². The van der Waals surface area contributed by atoms with Crippen LogP contribution in [0.3, 0.4) is 0 Å². The number of aliphatic carboxylic acids is 1. The van der Waals surface area contributed by atoms with Gasteiger partial charge in [-0.3, -0.25) is 4.79 Å². The van der Waals surface area contributed by atoms with Gasteiger partial charge in [-0.1, -0.05) is 39.1 Å². The van der Waals surface area contributed by atoms with E-state index < -0.39 is 21.5 Å². The lowest BCUT2D eigenvalue weighted by atomic mass is 9.92. The molecule has 128 valence electrons.